The van der Waals surface area contributed by atoms with Gasteiger partial charge in [-0.15, -0.1) is 0 Å². The van der Waals surface area contributed by atoms with E-state index in [0.29, 0.717) is 12.4 Å². The molecule has 0 saturated carbocycles. The molecule has 0 aliphatic carbocycles. The summed E-state index contributed by atoms with van der Waals surface area (Å²) in [4.78, 5) is 33.4. The molecule has 10 nitrogen and oxygen atoms in total. The van der Waals surface area contributed by atoms with Crippen molar-refractivity contribution in [1.82, 2.24) is 25.5 Å². The molecule has 2 amide bonds. The lowest BCUT2D eigenvalue weighted by atomic mass is 9.91. The molecule has 10 heteroatoms. The number of carbonyl (C=O) groups excluding carboxylic acids is 2. The summed E-state index contributed by atoms with van der Waals surface area (Å²) in [5, 5.41) is 38.5. The van der Waals surface area contributed by atoms with Crippen molar-refractivity contribution in [1.29, 1.82) is 0 Å². The lowest BCUT2D eigenvalue weighted by molar-refractivity contribution is -0.252. The zero-order chi connectivity index (χ0) is 26.1. The Kier molecular flexibility index (Phi) is 9.57. The second kappa shape index (κ2) is 12.8. The van der Waals surface area contributed by atoms with Crippen molar-refractivity contribution < 1.29 is 24.9 Å². The zero-order valence-electron chi connectivity index (χ0n) is 20.3. The van der Waals surface area contributed by atoms with Gasteiger partial charge in [0.25, 0.3) is 5.91 Å². The first-order chi connectivity index (χ1) is 17.2. The third-order valence-corrected chi connectivity index (χ3v) is 5.73. The third-order valence-electron chi connectivity index (χ3n) is 5.73. The number of aromatic amines is 1. The Morgan fingerprint density at radius 1 is 0.917 bits per heavy atom. The molecule has 192 valence electrons. The maximum atomic E-state index is 13.0. The van der Waals surface area contributed by atoms with E-state index in [1.165, 1.54) is 6.20 Å². The molecular formula is C26H32N5O5-. The summed E-state index contributed by atoms with van der Waals surface area (Å²) in [7, 11) is 3.75. The van der Waals surface area contributed by atoms with Crippen molar-refractivity contribution in [2.75, 3.05) is 14.1 Å². The summed E-state index contributed by atoms with van der Waals surface area (Å²) in [6, 6.07) is 16.2. The first-order valence-electron chi connectivity index (χ1n) is 11.6. The first kappa shape index (κ1) is 26.9. The number of rotatable bonds is 12. The number of nitrogens with zero attached hydrogens (tertiary/aromatic N) is 2. The van der Waals surface area contributed by atoms with Crippen LogP contribution in [0.1, 0.15) is 27.4 Å². The summed E-state index contributed by atoms with van der Waals surface area (Å²) < 4.78 is 0. The Labute approximate surface area is 210 Å². The number of benzene rings is 2. The van der Waals surface area contributed by atoms with Crippen LogP contribution in [-0.4, -0.2) is 75.5 Å². The molecule has 3 aromatic rings. The first-order valence-corrected chi connectivity index (χ1v) is 11.6. The molecule has 1 heterocycles. The van der Waals surface area contributed by atoms with Crippen molar-refractivity contribution in [3.8, 4) is 0 Å². The molecular weight excluding hydrogens is 462 g/mol. The fraction of sp³-hybridized carbons (Fsp3) is 0.346. The number of hydrogen-bond donors (Lipinski definition) is 5. The summed E-state index contributed by atoms with van der Waals surface area (Å²) in [6.07, 6.45) is -2.88. The Hall–Kier alpha value is -3.73. The Morgan fingerprint density at radius 3 is 1.89 bits per heavy atom. The average Bonchev–Trinajstić information content (AvgIpc) is 3.31. The van der Waals surface area contributed by atoms with Gasteiger partial charge in [0.05, 0.1) is 24.8 Å². The highest BCUT2D eigenvalue weighted by atomic mass is 16.4. The van der Waals surface area contributed by atoms with Crippen molar-refractivity contribution in [2.45, 2.75) is 43.7 Å². The lowest BCUT2D eigenvalue weighted by Crippen LogP contribution is -2.58. The summed E-state index contributed by atoms with van der Waals surface area (Å²) >= 11 is 0. The van der Waals surface area contributed by atoms with Crippen LogP contribution in [-0.2, 0) is 19.4 Å². The molecule has 0 aliphatic rings. The second-order valence-electron chi connectivity index (χ2n) is 8.96. The van der Waals surface area contributed by atoms with E-state index < -0.39 is 36.3 Å². The van der Waals surface area contributed by atoms with E-state index in [1.54, 1.807) is 24.3 Å². The molecule has 36 heavy (non-hydrogen) atoms. The van der Waals surface area contributed by atoms with Crippen molar-refractivity contribution in [2.24, 2.45) is 0 Å². The standard InChI is InChI=1S/C26H33N5O5/c1-31(2)16-22-27-15-21(28-22)25(34)29-19(13-17-9-5-3-6-10-17)23(32)24(33)20(30-26(35)36)14-18-11-7-4-8-12-18/h3-12,15,19-20,23-24,30,32-33H,13-14,16H2,1-2H3,(H,27,28)(H,29,34)(H,35,36)/p-1. The monoisotopic (exact) mass is 494 g/mol. The summed E-state index contributed by atoms with van der Waals surface area (Å²) in [5.74, 6) is 0.0959. The molecule has 0 bridgehead atoms. The van der Waals surface area contributed by atoms with Crippen molar-refractivity contribution >= 4 is 12.0 Å². The molecule has 3 rings (SSSR count). The number of amides is 2. The van der Waals surface area contributed by atoms with E-state index in [0.717, 1.165) is 11.1 Å². The van der Waals surface area contributed by atoms with Gasteiger partial charge < -0.3 is 40.6 Å². The van der Waals surface area contributed by atoms with Crippen molar-refractivity contribution in [3.63, 3.8) is 0 Å². The largest absolute Gasteiger partial charge is 0.530 e. The van der Waals surface area contributed by atoms with Gasteiger partial charge in [-0.05, 0) is 38.1 Å². The Bertz CT molecular complexity index is 1110. The van der Waals surface area contributed by atoms with E-state index in [-0.39, 0.29) is 18.5 Å². The number of carboxylic acid groups (broad SMARTS) is 1. The van der Waals surface area contributed by atoms with Gasteiger partial charge in [0.15, 0.2) is 0 Å². The minimum atomic E-state index is -1.57. The number of aliphatic hydroxyl groups excluding tert-OH is 2. The van der Waals surface area contributed by atoms with Crippen LogP contribution >= 0.6 is 0 Å². The maximum Gasteiger partial charge on any atom is 0.269 e. The number of H-pyrrole nitrogens is 1. The molecule has 0 fully saturated rings. The molecule has 0 saturated heterocycles. The average molecular weight is 495 g/mol. The SMILES string of the molecule is CN(C)Cc1ncc(C(=O)NC(Cc2ccccc2)C(O)C(O)C(Cc2ccccc2)NC(=O)[O-])[nH]1. The van der Waals surface area contributed by atoms with Gasteiger partial charge >= 0.3 is 0 Å². The topological polar surface area (TPSA) is 154 Å². The number of aliphatic hydroxyl groups is 2. The quantitative estimate of drug-likeness (QED) is 0.239. The highest BCUT2D eigenvalue weighted by Crippen LogP contribution is 2.15. The highest BCUT2D eigenvalue weighted by Gasteiger charge is 2.34. The van der Waals surface area contributed by atoms with Gasteiger partial charge in [-0.25, -0.2) is 4.98 Å². The maximum absolute atomic E-state index is 13.0. The fourth-order valence-corrected chi connectivity index (χ4v) is 3.98. The number of carbonyl (C=O) groups is 2. The van der Waals surface area contributed by atoms with E-state index >= 15 is 0 Å². The van der Waals surface area contributed by atoms with Gasteiger partial charge in [-0.3, -0.25) is 4.79 Å². The number of nitrogens with one attached hydrogen (secondary N) is 3. The molecule has 0 radical (unpaired) electrons. The van der Waals surface area contributed by atoms with Gasteiger partial charge in [-0.2, -0.15) is 0 Å². The Morgan fingerprint density at radius 2 is 1.42 bits per heavy atom. The molecule has 1 aromatic heterocycles. The zero-order valence-corrected chi connectivity index (χ0v) is 20.3. The summed E-state index contributed by atoms with van der Waals surface area (Å²) in [6.45, 7) is 0.512. The van der Waals surface area contributed by atoms with E-state index in [9.17, 15) is 24.9 Å². The van der Waals surface area contributed by atoms with Crippen LogP contribution in [0.4, 0.5) is 4.79 Å². The minimum absolute atomic E-state index is 0.119. The predicted molar refractivity (Wildman–Crippen MR) is 132 cm³/mol. The lowest BCUT2D eigenvalue weighted by Gasteiger charge is -2.33. The number of aromatic nitrogens is 2. The van der Waals surface area contributed by atoms with E-state index in [1.807, 2.05) is 55.4 Å². The molecule has 4 unspecified atom stereocenters. The van der Waals surface area contributed by atoms with Crippen LogP contribution in [0.3, 0.4) is 0 Å². The van der Waals surface area contributed by atoms with Crippen LogP contribution in [0.15, 0.2) is 66.9 Å². The molecule has 4 atom stereocenters. The van der Waals surface area contributed by atoms with Crippen LogP contribution in [0.2, 0.25) is 0 Å². The summed E-state index contributed by atoms with van der Waals surface area (Å²) in [5.41, 5.74) is 1.79. The molecule has 2 aromatic carbocycles. The normalized spacial score (nSPS) is 14.6. The van der Waals surface area contributed by atoms with Crippen LogP contribution in [0, 0.1) is 0 Å². The molecule has 5 N–H and O–H groups in total. The van der Waals surface area contributed by atoms with Gasteiger partial charge in [0, 0.05) is 0 Å². The van der Waals surface area contributed by atoms with Crippen LogP contribution in [0.5, 0.6) is 0 Å². The highest BCUT2D eigenvalue weighted by molar-refractivity contribution is 5.92. The van der Waals surface area contributed by atoms with Crippen LogP contribution < -0.4 is 15.7 Å². The minimum Gasteiger partial charge on any atom is -0.530 e. The van der Waals surface area contributed by atoms with E-state index in [4.69, 9.17) is 0 Å². The second-order valence-corrected chi connectivity index (χ2v) is 8.96. The van der Waals surface area contributed by atoms with Gasteiger partial charge in [0.1, 0.15) is 29.8 Å². The van der Waals surface area contributed by atoms with E-state index in [2.05, 4.69) is 20.6 Å². The van der Waals surface area contributed by atoms with Gasteiger partial charge in [0.2, 0.25) is 0 Å². The molecule has 0 spiro atoms. The van der Waals surface area contributed by atoms with Gasteiger partial charge in [-0.1, -0.05) is 60.7 Å². The Balaban J connectivity index is 1.81. The number of hydrogen-bond acceptors (Lipinski definition) is 7. The van der Waals surface area contributed by atoms with Crippen LogP contribution in [0.25, 0.3) is 0 Å². The number of imidazole rings is 1. The molecule has 0 aliphatic heterocycles. The predicted octanol–water partition coefficient (Wildman–Crippen LogP) is 0.0784. The van der Waals surface area contributed by atoms with Crippen molar-refractivity contribution in [3.05, 3.63) is 89.5 Å². The smallest absolute Gasteiger partial charge is 0.269 e. The fourth-order valence-electron chi connectivity index (χ4n) is 3.98. The third kappa shape index (κ3) is 7.91.